The summed E-state index contributed by atoms with van der Waals surface area (Å²) in [6, 6.07) is 22.5. The molecule has 1 N–H and O–H groups in total. The second kappa shape index (κ2) is 8.69. The molecule has 0 fully saturated rings. The topological polar surface area (TPSA) is 78.7 Å². The fourth-order valence-corrected chi connectivity index (χ4v) is 4.36. The summed E-state index contributed by atoms with van der Waals surface area (Å²) in [7, 11) is 0. The summed E-state index contributed by atoms with van der Waals surface area (Å²) in [5.41, 5.74) is 2.58. The molecule has 0 atom stereocenters. The average molecular weight is 415 g/mol. The lowest BCUT2D eigenvalue weighted by Crippen LogP contribution is -2.12. The van der Waals surface area contributed by atoms with Crippen LogP contribution >= 0.6 is 23.1 Å². The van der Waals surface area contributed by atoms with E-state index in [0.29, 0.717) is 16.3 Å². The van der Waals surface area contributed by atoms with E-state index in [0.717, 1.165) is 21.2 Å². The molecule has 7 heteroatoms. The van der Waals surface area contributed by atoms with Crippen LogP contribution in [0.3, 0.4) is 0 Å². The van der Waals surface area contributed by atoms with Gasteiger partial charge in [-0.15, -0.1) is 11.3 Å². The van der Waals surface area contributed by atoms with Crippen LogP contribution in [-0.4, -0.2) is 15.9 Å². The third-order valence-corrected chi connectivity index (χ3v) is 5.92. The van der Waals surface area contributed by atoms with E-state index < -0.39 is 0 Å². The van der Waals surface area contributed by atoms with Crippen LogP contribution < -0.4 is 5.32 Å². The summed E-state index contributed by atoms with van der Waals surface area (Å²) in [6.45, 7) is 0. The number of pyridine rings is 1. The molecule has 0 radical (unpaired) electrons. The van der Waals surface area contributed by atoms with Gasteiger partial charge in [0.15, 0.2) is 5.13 Å². The molecule has 140 valence electrons. The lowest BCUT2D eigenvalue weighted by molar-refractivity contribution is 0.102. The van der Waals surface area contributed by atoms with E-state index in [9.17, 15) is 10.1 Å². The second-order valence-electron chi connectivity index (χ2n) is 5.91. The number of nitrogens with zero attached hydrogens (tertiary/aromatic N) is 3. The molecule has 2 heterocycles. The van der Waals surface area contributed by atoms with Crippen LogP contribution in [0.25, 0.3) is 11.4 Å². The Balaban J connectivity index is 1.56. The van der Waals surface area contributed by atoms with Gasteiger partial charge in [0.2, 0.25) is 0 Å². The van der Waals surface area contributed by atoms with Crippen LogP contribution in [0.5, 0.6) is 0 Å². The highest BCUT2D eigenvalue weighted by Gasteiger charge is 2.15. The Bertz CT molecular complexity index is 1200. The van der Waals surface area contributed by atoms with Gasteiger partial charge in [0, 0.05) is 21.4 Å². The van der Waals surface area contributed by atoms with Gasteiger partial charge in [-0.25, -0.2) is 4.98 Å². The number of nitrogens with one attached hydrogen (secondary N) is 1. The molecule has 4 aromatic rings. The third-order valence-electron chi connectivity index (χ3n) is 4.01. The van der Waals surface area contributed by atoms with Crippen molar-refractivity contribution in [2.75, 3.05) is 5.32 Å². The molecule has 2 aromatic heterocycles. The largest absolute Gasteiger partial charge is 0.298 e. The summed E-state index contributed by atoms with van der Waals surface area (Å²) in [6.07, 6.45) is 1.71. The molecular formula is C22H14N4OS2. The second-order valence-corrected chi connectivity index (χ2v) is 7.86. The summed E-state index contributed by atoms with van der Waals surface area (Å²) < 4.78 is 0. The van der Waals surface area contributed by atoms with Gasteiger partial charge >= 0.3 is 0 Å². The Morgan fingerprint density at radius 2 is 1.72 bits per heavy atom. The van der Waals surface area contributed by atoms with E-state index >= 15 is 0 Å². The molecule has 4 rings (SSSR count). The maximum atomic E-state index is 12.9. The first-order valence-corrected chi connectivity index (χ1v) is 10.4. The maximum absolute atomic E-state index is 12.9. The zero-order valence-electron chi connectivity index (χ0n) is 15.1. The highest BCUT2D eigenvalue weighted by atomic mass is 32.2. The minimum atomic E-state index is -0.246. The first-order valence-electron chi connectivity index (χ1n) is 8.69. The summed E-state index contributed by atoms with van der Waals surface area (Å²) >= 11 is 2.75. The van der Waals surface area contributed by atoms with Crippen LogP contribution in [0.4, 0.5) is 5.13 Å². The molecule has 5 nitrogen and oxygen atoms in total. The van der Waals surface area contributed by atoms with E-state index in [1.807, 2.05) is 60.0 Å². The molecule has 0 unspecified atom stereocenters. The summed E-state index contributed by atoms with van der Waals surface area (Å²) in [4.78, 5) is 23.2. The van der Waals surface area contributed by atoms with E-state index in [4.69, 9.17) is 0 Å². The number of anilines is 1. The predicted molar refractivity (Wildman–Crippen MR) is 115 cm³/mol. The van der Waals surface area contributed by atoms with Crippen molar-refractivity contribution in [3.8, 4) is 17.5 Å². The van der Waals surface area contributed by atoms with Crippen molar-refractivity contribution < 1.29 is 4.79 Å². The third kappa shape index (κ3) is 4.35. The number of carbonyl (C=O) groups excluding carboxylic acids is 1. The van der Waals surface area contributed by atoms with Crippen molar-refractivity contribution in [2.24, 2.45) is 0 Å². The first kappa shape index (κ1) is 18.9. The molecule has 0 saturated carbocycles. The molecule has 0 aliphatic carbocycles. The number of hydrogen-bond donors (Lipinski definition) is 1. The van der Waals surface area contributed by atoms with E-state index in [1.165, 1.54) is 23.1 Å². The molecule has 1 amide bonds. The van der Waals surface area contributed by atoms with Crippen molar-refractivity contribution in [2.45, 2.75) is 9.79 Å². The van der Waals surface area contributed by atoms with Gasteiger partial charge in [0.05, 0.1) is 16.8 Å². The SMILES string of the molecule is N#Cc1ccccc1Sc1ccccc1C(=O)Nc1nc(-c2ccccn2)cs1. The zero-order valence-corrected chi connectivity index (χ0v) is 16.7. The smallest absolute Gasteiger partial charge is 0.258 e. The normalized spacial score (nSPS) is 10.3. The molecule has 0 spiro atoms. The van der Waals surface area contributed by atoms with Crippen molar-refractivity contribution in [1.29, 1.82) is 5.26 Å². The Morgan fingerprint density at radius 1 is 0.966 bits per heavy atom. The number of rotatable bonds is 5. The van der Waals surface area contributed by atoms with Crippen molar-refractivity contribution >= 4 is 34.1 Å². The summed E-state index contributed by atoms with van der Waals surface area (Å²) in [5.74, 6) is -0.246. The Labute approximate surface area is 176 Å². The quantitative estimate of drug-likeness (QED) is 0.468. The van der Waals surface area contributed by atoms with Gasteiger partial charge in [-0.3, -0.25) is 15.1 Å². The van der Waals surface area contributed by atoms with Crippen molar-refractivity contribution in [3.63, 3.8) is 0 Å². The minimum absolute atomic E-state index is 0.246. The fourth-order valence-electron chi connectivity index (χ4n) is 2.64. The van der Waals surface area contributed by atoms with E-state index in [2.05, 4.69) is 21.4 Å². The summed E-state index contributed by atoms with van der Waals surface area (Å²) in [5, 5.41) is 14.5. The number of hydrogen-bond acceptors (Lipinski definition) is 6. The molecule has 0 aliphatic rings. The fraction of sp³-hybridized carbons (Fsp3) is 0. The number of nitriles is 1. The van der Waals surface area contributed by atoms with Gasteiger partial charge in [-0.05, 0) is 36.4 Å². The minimum Gasteiger partial charge on any atom is -0.298 e. The monoisotopic (exact) mass is 414 g/mol. The molecule has 0 saturated heterocycles. The number of carbonyl (C=O) groups is 1. The van der Waals surface area contributed by atoms with Crippen LogP contribution in [0.1, 0.15) is 15.9 Å². The van der Waals surface area contributed by atoms with E-state index in [1.54, 1.807) is 18.3 Å². The molecular weight excluding hydrogens is 400 g/mol. The highest BCUT2D eigenvalue weighted by molar-refractivity contribution is 7.99. The maximum Gasteiger partial charge on any atom is 0.258 e. The van der Waals surface area contributed by atoms with Gasteiger partial charge in [-0.1, -0.05) is 42.1 Å². The average Bonchev–Trinajstić information content (AvgIpc) is 3.23. The molecule has 0 aliphatic heterocycles. The standard InChI is InChI=1S/C22H14N4OS2/c23-13-15-7-1-3-10-19(15)29-20-11-4-2-8-16(20)21(27)26-22-25-18(14-28-22)17-9-5-6-12-24-17/h1-12,14H,(H,25,26,27). The Kier molecular flexibility index (Phi) is 5.66. The van der Waals surface area contributed by atoms with Crippen molar-refractivity contribution in [3.05, 3.63) is 89.4 Å². The molecule has 0 bridgehead atoms. The lowest BCUT2D eigenvalue weighted by Gasteiger charge is -2.09. The predicted octanol–water partition coefficient (Wildman–Crippen LogP) is 5.48. The molecule has 29 heavy (non-hydrogen) atoms. The van der Waals surface area contributed by atoms with Crippen molar-refractivity contribution in [1.82, 2.24) is 9.97 Å². The van der Waals surface area contributed by atoms with Gasteiger partial charge in [0.25, 0.3) is 5.91 Å². The zero-order chi connectivity index (χ0) is 20.1. The Morgan fingerprint density at radius 3 is 2.52 bits per heavy atom. The van der Waals surface area contributed by atoms with Gasteiger partial charge < -0.3 is 0 Å². The van der Waals surface area contributed by atoms with Crippen LogP contribution in [0.2, 0.25) is 0 Å². The van der Waals surface area contributed by atoms with Crippen LogP contribution in [0.15, 0.2) is 88.1 Å². The van der Waals surface area contributed by atoms with Crippen LogP contribution in [0, 0.1) is 11.3 Å². The number of amides is 1. The highest BCUT2D eigenvalue weighted by Crippen LogP contribution is 2.33. The van der Waals surface area contributed by atoms with Crippen LogP contribution in [-0.2, 0) is 0 Å². The van der Waals surface area contributed by atoms with Gasteiger partial charge in [0.1, 0.15) is 11.8 Å². The number of aromatic nitrogens is 2. The lowest BCUT2D eigenvalue weighted by atomic mass is 10.2. The van der Waals surface area contributed by atoms with Gasteiger partial charge in [-0.2, -0.15) is 5.26 Å². The number of benzene rings is 2. The first-order chi connectivity index (χ1) is 14.2. The number of thiazole rings is 1. The van der Waals surface area contributed by atoms with E-state index in [-0.39, 0.29) is 5.91 Å². The molecule has 2 aromatic carbocycles. The Hall–Kier alpha value is -3.47.